The molecule has 0 atom stereocenters. The molecular formula is C22H27N3O2. The molecule has 1 fully saturated rings. The number of aryl methyl sites for hydroxylation is 1. The molecule has 2 amide bonds. The van der Waals surface area contributed by atoms with Crippen LogP contribution in [0.5, 0.6) is 0 Å². The van der Waals surface area contributed by atoms with Crippen molar-refractivity contribution < 1.29 is 9.59 Å². The van der Waals surface area contributed by atoms with E-state index in [4.69, 9.17) is 0 Å². The Morgan fingerprint density at radius 2 is 1.67 bits per heavy atom. The number of amides is 2. The molecule has 0 saturated carbocycles. The summed E-state index contributed by atoms with van der Waals surface area (Å²) in [4.78, 5) is 26.9. The Labute approximate surface area is 160 Å². The maximum absolute atomic E-state index is 12.4. The minimum absolute atomic E-state index is 0.0930. The number of hydrogen-bond donors (Lipinski definition) is 2. The number of benzene rings is 2. The molecule has 27 heavy (non-hydrogen) atoms. The second-order valence-electron chi connectivity index (χ2n) is 6.93. The third-order valence-electron chi connectivity index (χ3n) is 4.90. The quantitative estimate of drug-likeness (QED) is 0.820. The number of nitrogens with one attached hydrogen (secondary N) is 2. The van der Waals surface area contributed by atoms with E-state index in [9.17, 15) is 9.59 Å². The third kappa shape index (κ3) is 5.09. The van der Waals surface area contributed by atoms with Crippen molar-refractivity contribution in [3.63, 3.8) is 0 Å². The maximum Gasteiger partial charge on any atom is 0.251 e. The van der Waals surface area contributed by atoms with E-state index in [1.165, 1.54) is 19.3 Å². The molecular weight excluding hydrogens is 338 g/mol. The summed E-state index contributed by atoms with van der Waals surface area (Å²) in [6.45, 7) is 4.27. The smallest absolute Gasteiger partial charge is 0.251 e. The van der Waals surface area contributed by atoms with Crippen LogP contribution in [0.15, 0.2) is 48.5 Å². The highest BCUT2D eigenvalue weighted by molar-refractivity contribution is 5.97. The Balaban J connectivity index is 1.53. The van der Waals surface area contributed by atoms with Crippen molar-refractivity contribution in [1.82, 2.24) is 5.32 Å². The molecule has 1 aliphatic rings. The van der Waals surface area contributed by atoms with Crippen molar-refractivity contribution in [2.24, 2.45) is 0 Å². The van der Waals surface area contributed by atoms with Gasteiger partial charge in [-0.05, 0) is 49.9 Å². The molecule has 3 rings (SSSR count). The van der Waals surface area contributed by atoms with E-state index >= 15 is 0 Å². The van der Waals surface area contributed by atoms with Crippen LogP contribution in [0.3, 0.4) is 0 Å². The van der Waals surface area contributed by atoms with E-state index in [2.05, 4.69) is 21.6 Å². The molecule has 0 aromatic heterocycles. The molecule has 1 saturated heterocycles. The predicted molar refractivity (Wildman–Crippen MR) is 109 cm³/mol. The lowest BCUT2D eigenvalue weighted by Crippen LogP contribution is -2.31. The zero-order chi connectivity index (χ0) is 19.1. The normalized spacial score (nSPS) is 13.9. The van der Waals surface area contributed by atoms with Gasteiger partial charge in [-0.2, -0.15) is 0 Å². The van der Waals surface area contributed by atoms with Gasteiger partial charge in [-0.1, -0.05) is 30.3 Å². The van der Waals surface area contributed by atoms with E-state index in [0.29, 0.717) is 12.1 Å². The summed E-state index contributed by atoms with van der Waals surface area (Å²) in [5, 5.41) is 5.83. The van der Waals surface area contributed by atoms with Crippen molar-refractivity contribution >= 4 is 23.2 Å². The van der Waals surface area contributed by atoms with Crippen molar-refractivity contribution in [2.45, 2.75) is 32.6 Å². The summed E-state index contributed by atoms with van der Waals surface area (Å²) < 4.78 is 0. The number of anilines is 2. The first-order chi connectivity index (χ1) is 13.1. The zero-order valence-electron chi connectivity index (χ0n) is 15.8. The summed E-state index contributed by atoms with van der Waals surface area (Å²) in [5.41, 5.74) is 3.49. The van der Waals surface area contributed by atoms with Crippen molar-refractivity contribution in [1.29, 1.82) is 0 Å². The van der Waals surface area contributed by atoms with Gasteiger partial charge < -0.3 is 15.5 Å². The van der Waals surface area contributed by atoms with Crippen molar-refractivity contribution in [3.05, 3.63) is 59.7 Å². The van der Waals surface area contributed by atoms with Gasteiger partial charge in [0.25, 0.3) is 5.91 Å². The molecule has 0 spiro atoms. The van der Waals surface area contributed by atoms with Crippen LogP contribution in [0.4, 0.5) is 11.4 Å². The van der Waals surface area contributed by atoms with Crippen LogP contribution in [0.1, 0.15) is 41.6 Å². The first-order valence-electron chi connectivity index (χ1n) is 9.63. The lowest BCUT2D eigenvalue weighted by Gasteiger charge is -2.30. The Morgan fingerprint density at radius 1 is 0.963 bits per heavy atom. The highest BCUT2D eigenvalue weighted by Crippen LogP contribution is 2.28. The topological polar surface area (TPSA) is 61.4 Å². The average molecular weight is 365 g/mol. The summed E-state index contributed by atoms with van der Waals surface area (Å²) >= 11 is 0. The fraction of sp³-hybridized carbons (Fsp3) is 0.364. The third-order valence-corrected chi connectivity index (χ3v) is 4.90. The average Bonchev–Trinajstić information content (AvgIpc) is 2.69. The number of piperidine rings is 1. The summed E-state index contributed by atoms with van der Waals surface area (Å²) in [7, 11) is 0. The minimum Gasteiger partial charge on any atom is -0.370 e. The summed E-state index contributed by atoms with van der Waals surface area (Å²) in [6.07, 6.45) is 3.89. The molecule has 0 aliphatic carbocycles. The zero-order valence-corrected chi connectivity index (χ0v) is 15.8. The fourth-order valence-corrected chi connectivity index (χ4v) is 3.42. The first-order valence-corrected chi connectivity index (χ1v) is 9.63. The second kappa shape index (κ2) is 9.21. The van der Waals surface area contributed by atoms with Crippen LogP contribution >= 0.6 is 0 Å². The number of rotatable bonds is 6. The van der Waals surface area contributed by atoms with Crippen molar-refractivity contribution in [3.8, 4) is 0 Å². The van der Waals surface area contributed by atoms with E-state index < -0.39 is 0 Å². The lowest BCUT2D eigenvalue weighted by molar-refractivity contribution is -0.116. The number of hydrogen-bond acceptors (Lipinski definition) is 3. The molecule has 1 heterocycles. The maximum atomic E-state index is 12.4. The van der Waals surface area contributed by atoms with E-state index in [1.807, 2.05) is 43.3 Å². The summed E-state index contributed by atoms with van der Waals surface area (Å²) in [6, 6.07) is 15.4. The number of carbonyl (C=O) groups excluding carboxylic acids is 2. The molecule has 0 radical (unpaired) electrons. The molecule has 5 nitrogen and oxygen atoms in total. The minimum atomic E-state index is -0.144. The van der Waals surface area contributed by atoms with Crippen LogP contribution in [-0.2, 0) is 4.79 Å². The monoisotopic (exact) mass is 365 g/mol. The lowest BCUT2D eigenvalue weighted by atomic mass is 10.1. The van der Waals surface area contributed by atoms with Gasteiger partial charge in [0.05, 0.1) is 11.4 Å². The number of para-hydroxylation sites is 2. The fourth-order valence-electron chi connectivity index (χ4n) is 3.42. The van der Waals surface area contributed by atoms with Gasteiger partial charge in [0.15, 0.2) is 0 Å². The Hall–Kier alpha value is -2.82. The van der Waals surface area contributed by atoms with Crippen LogP contribution < -0.4 is 15.5 Å². The molecule has 5 heteroatoms. The molecule has 2 aromatic rings. The van der Waals surface area contributed by atoms with Gasteiger partial charge in [0, 0.05) is 31.6 Å². The molecule has 142 valence electrons. The van der Waals surface area contributed by atoms with Gasteiger partial charge in [-0.25, -0.2) is 0 Å². The predicted octanol–water partition coefficient (Wildman–Crippen LogP) is 3.74. The highest BCUT2D eigenvalue weighted by Gasteiger charge is 2.15. The molecule has 0 unspecified atom stereocenters. The molecule has 1 aliphatic heterocycles. The Bertz CT molecular complexity index is 798. The van der Waals surface area contributed by atoms with Crippen LogP contribution in [0.25, 0.3) is 0 Å². The van der Waals surface area contributed by atoms with Crippen LogP contribution in [-0.4, -0.2) is 31.4 Å². The number of carbonyl (C=O) groups is 2. The van der Waals surface area contributed by atoms with Crippen LogP contribution in [0, 0.1) is 6.92 Å². The Kier molecular flexibility index (Phi) is 6.47. The first kappa shape index (κ1) is 19.0. The van der Waals surface area contributed by atoms with Gasteiger partial charge in [-0.15, -0.1) is 0 Å². The number of nitrogens with zero attached hydrogens (tertiary/aromatic N) is 1. The second-order valence-corrected chi connectivity index (χ2v) is 6.93. The summed E-state index contributed by atoms with van der Waals surface area (Å²) in [5.74, 6) is -0.237. The van der Waals surface area contributed by atoms with Crippen molar-refractivity contribution in [2.75, 3.05) is 29.9 Å². The van der Waals surface area contributed by atoms with Crippen LogP contribution in [0.2, 0.25) is 0 Å². The largest absolute Gasteiger partial charge is 0.370 e. The Morgan fingerprint density at radius 3 is 2.44 bits per heavy atom. The van der Waals surface area contributed by atoms with Gasteiger partial charge in [0.2, 0.25) is 5.91 Å². The van der Waals surface area contributed by atoms with Gasteiger partial charge >= 0.3 is 0 Å². The SMILES string of the molecule is Cc1ccccc1C(=O)NCCC(=O)Nc1ccccc1N1CCCCC1. The van der Waals surface area contributed by atoms with E-state index in [1.54, 1.807) is 6.07 Å². The standard InChI is InChI=1S/C22H27N3O2/c1-17-9-3-4-10-18(17)22(27)23-14-13-21(26)24-19-11-5-6-12-20(19)25-15-7-2-8-16-25/h3-6,9-12H,2,7-8,13-16H2,1H3,(H,23,27)(H,24,26). The van der Waals surface area contributed by atoms with E-state index in [0.717, 1.165) is 30.0 Å². The highest BCUT2D eigenvalue weighted by atomic mass is 16.2. The molecule has 2 aromatic carbocycles. The van der Waals surface area contributed by atoms with Gasteiger partial charge in [0.1, 0.15) is 0 Å². The van der Waals surface area contributed by atoms with Gasteiger partial charge in [-0.3, -0.25) is 9.59 Å². The molecule has 0 bridgehead atoms. The molecule has 2 N–H and O–H groups in total. The van der Waals surface area contributed by atoms with E-state index in [-0.39, 0.29) is 18.2 Å².